The molecule has 2 heteroatoms. The molecule has 0 spiro atoms. The van der Waals surface area contributed by atoms with Crippen molar-refractivity contribution in [2.45, 2.75) is 26.2 Å². The summed E-state index contributed by atoms with van der Waals surface area (Å²) in [6, 6.07) is 4.08. The molecule has 0 saturated heterocycles. The Bertz CT molecular complexity index is 263. The van der Waals surface area contributed by atoms with Gasteiger partial charge in [-0.1, -0.05) is 30.7 Å². The van der Waals surface area contributed by atoms with Gasteiger partial charge in [-0.15, -0.1) is 11.3 Å². The fourth-order valence-corrected chi connectivity index (χ4v) is 2.17. The van der Waals surface area contributed by atoms with Crippen molar-refractivity contribution in [2.24, 2.45) is 0 Å². The van der Waals surface area contributed by atoms with E-state index in [2.05, 4.69) is 25.1 Å². The largest absolute Gasteiger partial charge is 0.128 e. The minimum atomic E-state index is 0.596. The Morgan fingerprint density at radius 3 is 2.83 bits per heavy atom. The Morgan fingerprint density at radius 1 is 1.58 bits per heavy atom. The molecule has 1 aromatic rings. The van der Waals surface area contributed by atoms with E-state index in [0.717, 1.165) is 10.8 Å². The molecule has 66 valence electrons. The molecule has 0 fully saturated rings. The van der Waals surface area contributed by atoms with Crippen LogP contribution in [0.15, 0.2) is 24.3 Å². The highest BCUT2D eigenvalue weighted by atomic mass is 35.5. The van der Waals surface area contributed by atoms with Crippen molar-refractivity contribution in [3.05, 3.63) is 33.5 Å². The third-order valence-corrected chi connectivity index (χ3v) is 3.27. The zero-order valence-electron chi connectivity index (χ0n) is 7.38. The predicted octanol–water partition coefficient (Wildman–Crippen LogP) is 4.47. The van der Waals surface area contributed by atoms with E-state index >= 15 is 0 Å². The van der Waals surface area contributed by atoms with Crippen LogP contribution in [0.2, 0.25) is 4.34 Å². The lowest BCUT2D eigenvalue weighted by atomic mass is 10.1. The zero-order chi connectivity index (χ0) is 8.97. The molecule has 1 aromatic heterocycles. The zero-order valence-corrected chi connectivity index (χ0v) is 8.95. The second-order valence-electron chi connectivity index (χ2n) is 2.85. The van der Waals surface area contributed by atoms with Crippen LogP contribution in [-0.4, -0.2) is 0 Å². The van der Waals surface area contributed by atoms with E-state index in [4.69, 9.17) is 11.6 Å². The van der Waals surface area contributed by atoms with Crippen LogP contribution in [0.1, 0.15) is 31.1 Å². The molecule has 0 aliphatic heterocycles. The van der Waals surface area contributed by atoms with E-state index in [-0.39, 0.29) is 0 Å². The van der Waals surface area contributed by atoms with Crippen LogP contribution in [0.3, 0.4) is 0 Å². The molecule has 0 bridgehead atoms. The van der Waals surface area contributed by atoms with Gasteiger partial charge >= 0.3 is 0 Å². The van der Waals surface area contributed by atoms with Gasteiger partial charge < -0.3 is 0 Å². The third-order valence-electron chi connectivity index (χ3n) is 1.81. The lowest BCUT2D eigenvalue weighted by Gasteiger charge is -2.03. The SMILES string of the molecule is C/C=C\CC(C)c1ccc(Cl)s1. The Labute approximate surface area is 82.9 Å². The summed E-state index contributed by atoms with van der Waals surface area (Å²) in [5, 5.41) is 0. The van der Waals surface area contributed by atoms with E-state index < -0.39 is 0 Å². The number of hydrogen-bond acceptors (Lipinski definition) is 1. The van der Waals surface area contributed by atoms with Crippen LogP contribution in [-0.2, 0) is 0 Å². The first-order valence-electron chi connectivity index (χ1n) is 4.10. The van der Waals surface area contributed by atoms with Gasteiger partial charge in [0.15, 0.2) is 0 Å². The van der Waals surface area contributed by atoms with Crippen LogP contribution in [0, 0.1) is 0 Å². The van der Waals surface area contributed by atoms with Crippen molar-refractivity contribution in [1.82, 2.24) is 0 Å². The Hall–Kier alpha value is -0.270. The molecule has 1 heterocycles. The highest BCUT2D eigenvalue weighted by Crippen LogP contribution is 2.29. The molecular formula is C10H13ClS. The highest BCUT2D eigenvalue weighted by Gasteiger charge is 2.05. The van der Waals surface area contributed by atoms with Crippen LogP contribution in [0.5, 0.6) is 0 Å². The van der Waals surface area contributed by atoms with E-state index in [1.165, 1.54) is 4.88 Å². The first kappa shape index (κ1) is 9.82. The van der Waals surface area contributed by atoms with E-state index in [0.29, 0.717) is 5.92 Å². The molecule has 0 amide bonds. The maximum atomic E-state index is 5.84. The van der Waals surface area contributed by atoms with Gasteiger partial charge in [-0.3, -0.25) is 0 Å². The monoisotopic (exact) mass is 200 g/mol. The molecule has 0 radical (unpaired) electrons. The quantitative estimate of drug-likeness (QED) is 0.632. The first-order valence-corrected chi connectivity index (χ1v) is 5.30. The lowest BCUT2D eigenvalue weighted by molar-refractivity contribution is 0.797. The standard InChI is InChI=1S/C10H13ClS/c1-3-4-5-8(2)9-6-7-10(11)12-9/h3-4,6-8H,5H2,1-2H3/b4-3-. The summed E-state index contributed by atoms with van der Waals surface area (Å²) in [5.74, 6) is 0.596. The van der Waals surface area contributed by atoms with Crippen LogP contribution in [0.25, 0.3) is 0 Å². The van der Waals surface area contributed by atoms with Crippen molar-refractivity contribution < 1.29 is 0 Å². The van der Waals surface area contributed by atoms with Gasteiger partial charge in [0.1, 0.15) is 0 Å². The number of halogens is 1. The topological polar surface area (TPSA) is 0 Å². The minimum Gasteiger partial charge on any atom is -0.128 e. The molecule has 0 saturated carbocycles. The van der Waals surface area contributed by atoms with E-state index in [9.17, 15) is 0 Å². The third kappa shape index (κ3) is 2.65. The Balaban J connectivity index is 2.58. The number of allylic oxidation sites excluding steroid dienone is 2. The van der Waals surface area contributed by atoms with Crippen molar-refractivity contribution in [3.8, 4) is 0 Å². The van der Waals surface area contributed by atoms with Crippen molar-refractivity contribution in [1.29, 1.82) is 0 Å². The molecule has 1 rings (SSSR count). The van der Waals surface area contributed by atoms with E-state index in [1.807, 2.05) is 13.0 Å². The van der Waals surface area contributed by atoms with Crippen LogP contribution in [0.4, 0.5) is 0 Å². The summed E-state index contributed by atoms with van der Waals surface area (Å²) in [4.78, 5) is 1.37. The van der Waals surface area contributed by atoms with Gasteiger partial charge in [0, 0.05) is 4.88 Å². The number of hydrogen-bond donors (Lipinski definition) is 0. The van der Waals surface area contributed by atoms with Crippen molar-refractivity contribution in [3.63, 3.8) is 0 Å². The summed E-state index contributed by atoms with van der Waals surface area (Å²) in [7, 11) is 0. The molecule has 0 aliphatic carbocycles. The number of rotatable bonds is 3. The van der Waals surface area contributed by atoms with Gasteiger partial charge in [-0.25, -0.2) is 0 Å². The van der Waals surface area contributed by atoms with Gasteiger partial charge in [0.05, 0.1) is 4.34 Å². The van der Waals surface area contributed by atoms with Crippen LogP contribution < -0.4 is 0 Å². The maximum Gasteiger partial charge on any atom is 0.0931 e. The summed E-state index contributed by atoms with van der Waals surface area (Å²) in [5.41, 5.74) is 0. The second-order valence-corrected chi connectivity index (χ2v) is 4.59. The normalized spacial score (nSPS) is 13.9. The molecule has 0 aromatic carbocycles. The van der Waals surface area contributed by atoms with Crippen LogP contribution >= 0.6 is 22.9 Å². The predicted molar refractivity (Wildman–Crippen MR) is 57.2 cm³/mol. The lowest BCUT2D eigenvalue weighted by Crippen LogP contribution is -1.85. The molecule has 12 heavy (non-hydrogen) atoms. The van der Waals surface area contributed by atoms with Gasteiger partial charge in [0.2, 0.25) is 0 Å². The highest BCUT2D eigenvalue weighted by molar-refractivity contribution is 7.16. The number of thiophene rings is 1. The average molecular weight is 201 g/mol. The fourth-order valence-electron chi connectivity index (χ4n) is 1.05. The van der Waals surface area contributed by atoms with Gasteiger partial charge in [-0.2, -0.15) is 0 Å². The smallest absolute Gasteiger partial charge is 0.0931 e. The molecule has 1 atom stereocenters. The van der Waals surface area contributed by atoms with E-state index in [1.54, 1.807) is 11.3 Å². The molecular weight excluding hydrogens is 188 g/mol. The summed E-state index contributed by atoms with van der Waals surface area (Å²) in [6.45, 7) is 4.27. The molecule has 1 unspecified atom stereocenters. The summed E-state index contributed by atoms with van der Waals surface area (Å²) >= 11 is 7.52. The molecule has 0 nitrogen and oxygen atoms in total. The maximum absolute atomic E-state index is 5.84. The Morgan fingerprint density at radius 2 is 2.33 bits per heavy atom. The molecule has 0 N–H and O–H groups in total. The first-order chi connectivity index (χ1) is 5.74. The second kappa shape index (κ2) is 4.68. The van der Waals surface area contributed by atoms with Gasteiger partial charge in [-0.05, 0) is 31.4 Å². The fraction of sp³-hybridized carbons (Fsp3) is 0.400. The molecule has 0 aliphatic rings. The summed E-state index contributed by atoms with van der Waals surface area (Å²) < 4.78 is 0.886. The Kier molecular flexibility index (Phi) is 3.83. The average Bonchev–Trinajstić information content (AvgIpc) is 2.47. The van der Waals surface area contributed by atoms with Gasteiger partial charge in [0.25, 0.3) is 0 Å². The summed E-state index contributed by atoms with van der Waals surface area (Å²) in [6.07, 6.45) is 5.39. The van der Waals surface area contributed by atoms with Crippen molar-refractivity contribution >= 4 is 22.9 Å². The minimum absolute atomic E-state index is 0.596. The van der Waals surface area contributed by atoms with Crippen molar-refractivity contribution in [2.75, 3.05) is 0 Å².